The number of hydrogen-bond donors (Lipinski definition) is 0. The van der Waals surface area contributed by atoms with Gasteiger partial charge in [-0.3, -0.25) is 0 Å². The van der Waals surface area contributed by atoms with Crippen LogP contribution in [0.1, 0.15) is 0 Å². The third kappa shape index (κ3) is 5.85. The maximum absolute atomic E-state index is 2.36. The maximum Gasteiger partial charge on any atom is 0.0462 e. The molecule has 0 amide bonds. The van der Waals surface area contributed by atoms with E-state index in [2.05, 4.69) is 204 Å². The van der Waals surface area contributed by atoms with Crippen molar-refractivity contribution in [2.75, 3.05) is 9.80 Å². The van der Waals surface area contributed by atoms with Crippen LogP contribution in [0.5, 0.6) is 0 Å². The zero-order valence-electron chi connectivity index (χ0n) is 27.2. The van der Waals surface area contributed by atoms with Crippen LogP contribution >= 0.6 is 22.7 Å². The van der Waals surface area contributed by atoms with Crippen LogP contribution in [-0.2, 0) is 0 Å². The molecule has 0 aliphatic heterocycles. The summed E-state index contributed by atoms with van der Waals surface area (Å²) in [6.07, 6.45) is 0. The second kappa shape index (κ2) is 13.2. The quantitative estimate of drug-likeness (QED) is 0.158. The van der Waals surface area contributed by atoms with Crippen molar-refractivity contribution in [3.05, 3.63) is 194 Å². The first-order valence-electron chi connectivity index (χ1n) is 16.8. The van der Waals surface area contributed by atoms with Gasteiger partial charge in [-0.25, -0.2) is 0 Å². The summed E-state index contributed by atoms with van der Waals surface area (Å²) < 4.78 is 2.63. The molecular formula is C46H32N2S2. The minimum atomic E-state index is 1.14. The molecule has 0 saturated carbocycles. The van der Waals surface area contributed by atoms with E-state index >= 15 is 0 Å². The van der Waals surface area contributed by atoms with Crippen LogP contribution in [-0.4, -0.2) is 0 Å². The molecule has 2 nitrogen and oxygen atoms in total. The van der Waals surface area contributed by atoms with Gasteiger partial charge in [0.1, 0.15) is 0 Å². The van der Waals surface area contributed by atoms with Gasteiger partial charge in [0, 0.05) is 53.3 Å². The number of para-hydroxylation sites is 4. The van der Waals surface area contributed by atoms with Crippen LogP contribution in [0.2, 0.25) is 0 Å². The van der Waals surface area contributed by atoms with E-state index in [4.69, 9.17) is 0 Å². The van der Waals surface area contributed by atoms with Gasteiger partial charge < -0.3 is 9.80 Å². The largest absolute Gasteiger partial charge is 0.311 e. The molecule has 0 spiro atoms. The molecule has 0 radical (unpaired) electrons. The lowest BCUT2D eigenvalue weighted by atomic mass is 10.1. The van der Waals surface area contributed by atoms with Gasteiger partial charge in [0.15, 0.2) is 0 Å². The Bertz CT molecular complexity index is 2200. The van der Waals surface area contributed by atoms with Gasteiger partial charge in [0.05, 0.1) is 0 Å². The van der Waals surface area contributed by atoms with Crippen molar-refractivity contribution >= 4 is 77.0 Å². The summed E-state index contributed by atoms with van der Waals surface area (Å²) in [5, 5.41) is 2.59. The Balaban J connectivity index is 0.991. The first kappa shape index (κ1) is 30.1. The van der Waals surface area contributed by atoms with Crippen LogP contribution in [0.15, 0.2) is 194 Å². The van der Waals surface area contributed by atoms with E-state index in [1.54, 1.807) is 0 Å². The van der Waals surface area contributed by atoms with Crippen molar-refractivity contribution in [3.63, 3.8) is 0 Å². The maximum atomic E-state index is 2.36. The standard InChI is InChI=1S/C46H32N2S2/c1-5-13-37(14-6-1)47(38-15-7-2-8-16-38)41-25-21-33(22-26-41)43-29-35-31-46-36(32-45(35)49-43)30-44(50-46)34-23-27-42(28-24-34)48(39-17-9-3-10-18-39)40-19-11-4-12-20-40/h1-32H. The first-order valence-corrected chi connectivity index (χ1v) is 18.4. The van der Waals surface area contributed by atoms with Gasteiger partial charge in [-0.15, -0.1) is 22.7 Å². The molecule has 0 aliphatic rings. The summed E-state index contributed by atoms with van der Waals surface area (Å²) in [5.41, 5.74) is 9.33. The Morgan fingerprint density at radius 3 is 0.860 bits per heavy atom. The highest BCUT2D eigenvalue weighted by Crippen LogP contribution is 2.42. The van der Waals surface area contributed by atoms with E-state index in [-0.39, 0.29) is 0 Å². The predicted octanol–water partition coefficient (Wildman–Crippen LogP) is 14.4. The van der Waals surface area contributed by atoms with Crippen molar-refractivity contribution < 1.29 is 0 Å². The molecule has 0 fully saturated rings. The third-order valence-corrected chi connectivity index (χ3v) is 11.3. The zero-order chi connectivity index (χ0) is 33.3. The number of fused-ring (bicyclic) bond motifs is 2. The smallest absolute Gasteiger partial charge is 0.0462 e. The lowest BCUT2D eigenvalue weighted by Crippen LogP contribution is -2.09. The highest BCUT2D eigenvalue weighted by Gasteiger charge is 2.15. The lowest BCUT2D eigenvalue weighted by molar-refractivity contribution is 1.28. The fourth-order valence-electron chi connectivity index (χ4n) is 6.61. The number of rotatable bonds is 8. The minimum absolute atomic E-state index is 1.14. The summed E-state index contributed by atoms with van der Waals surface area (Å²) in [7, 11) is 0. The van der Waals surface area contributed by atoms with Crippen LogP contribution in [0.3, 0.4) is 0 Å². The molecule has 0 unspecified atom stereocenters. The van der Waals surface area contributed by atoms with Crippen molar-refractivity contribution in [2.24, 2.45) is 0 Å². The number of anilines is 6. The van der Waals surface area contributed by atoms with E-state index in [0.717, 1.165) is 34.1 Å². The Kier molecular flexibility index (Phi) is 7.94. The van der Waals surface area contributed by atoms with E-state index < -0.39 is 0 Å². The van der Waals surface area contributed by atoms with E-state index in [0.29, 0.717) is 0 Å². The van der Waals surface area contributed by atoms with Gasteiger partial charge in [-0.2, -0.15) is 0 Å². The molecule has 0 saturated heterocycles. The summed E-state index contributed by atoms with van der Waals surface area (Å²) in [6.45, 7) is 0. The number of thiophene rings is 2. The Labute approximate surface area is 300 Å². The molecule has 4 heteroatoms. The highest BCUT2D eigenvalue weighted by molar-refractivity contribution is 7.23. The molecule has 2 aromatic heterocycles. The van der Waals surface area contributed by atoms with E-state index in [1.807, 2.05) is 22.7 Å². The van der Waals surface area contributed by atoms with Crippen LogP contribution in [0.4, 0.5) is 34.1 Å². The second-order valence-electron chi connectivity index (χ2n) is 12.3. The molecule has 0 aliphatic carbocycles. The van der Waals surface area contributed by atoms with Crippen LogP contribution < -0.4 is 9.80 Å². The summed E-state index contributed by atoms with van der Waals surface area (Å²) in [6, 6.07) is 69.6. The summed E-state index contributed by atoms with van der Waals surface area (Å²) >= 11 is 3.73. The molecule has 238 valence electrons. The van der Waals surface area contributed by atoms with Gasteiger partial charge >= 0.3 is 0 Å². The average molecular weight is 677 g/mol. The second-order valence-corrected chi connectivity index (χ2v) is 14.4. The topological polar surface area (TPSA) is 6.48 Å². The van der Waals surface area contributed by atoms with Crippen LogP contribution in [0, 0.1) is 0 Å². The molecule has 2 heterocycles. The first-order chi connectivity index (χ1) is 24.8. The van der Waals surface area contributed by atoms with Gasteiger partial charge in [0.2, 0.25) is 0 Å². The minimum Gasteiger partial charge on any atom is -0.311 e. The highest BCUT2D eigenvalue weighted by atomic mass is 32.1. The third-order valence-electron chi connectivity index (χ3n) is 9.03. The Morgan fingerprint density at radius 1 is 0.280 bits per heavy atom. The molecule has 9 aromatic rings. The fourth-order valence-corrected chi connectivity index (χ4v) is 8.81. The monoisotopic (exact) mass is 676 g/mol. The van der Waals surface area contributed by atoms with Crippen LogP contribution in [0.25, 0.3) is 41.1 Å². The fraction of sp³-hybridized carbons (Fsp3) is 0. The van der Waals surface area contributed by atoms with Crippen molar-refractivity contribution in [1.82, 2.24) is 0 Å². The molecule has 0 N–H and O–H groups in total. The zero-order valence-corrected chi connectivity index (χ0v) is 28.8. The van der Waals surface area contributed by atoms with Crippen molar-refractivity contribution in [3.8, 4) is 20.9 Å². The molecule has 0 bridgehead atoms. The Morgan fingerprint density at radius 2 is 0.560 bits per heavy atom. The van der Waals surface area contributed by atoms with Gasteiger partial charge in [0.25, 0.3) is 0 Å². The van der Waals surface area contributed by atoms with Gasteiger partial charge in [-0.1, -0.05) is 97.1 Å². The molecule has 7 aromatic carbocycles. The number of benzene rings is 7. The van der Waals surface area contributed by atoms with Gasteiger partial charge in [-0.05, 0) is 119 Å². The van der Waals surface area contributed by atoms with E-state index in [9.17, 15) is 0 Å². The normalized spacial score (nSPS) is 11.2. The number of hydrogen-bond acceptors (Lipinski definition) is 4. The number of nitrogens with zero attached hydrogens (tertiary/aromatic N) is 2. The molecular weight excluding hydrogens is 645 g/mol. The lowest BCUT2D eigenvalue weighted by Gasteiger charge is -2.25. The summed E-state index contributed by atoms with van der Waals surface area (Å²) in [4.78, 5) is 7.17. The summed E-state index contributed by atoms with van der Waals surface area (Å²) in [5.74, 6) is 0. The van der Waals surface area contributed by atoms with E-state index in [1.165, 1.54) is 41.1 Å². The molecule has 9 rings (SSSR count). The van der Waals surface area contributed by atoms with Crippen molar-refractivity contribution in [2.45, 2.75) is 0 Å². The Hall–Kier alpha value is -5.94. The van der Waals surface area contributed by atoms with Crippen molar-refractivity contribution in [1.29, 1.82) is 0 Å². The average Bonchev–Trinajstić information content (AvgIpc) is 3.80. The molecule has 50 heavy (non-hydrogen) atoms. The SMILES string of the molecule is c1ccc(N(c2ccccc2)c2ccc(-c3cc4cc5sc(-c6ccc(N(c7ccccc7)c7ccccc7)cc6)cc5cc4s3)cc2)cc1. The molecule has 0 atom stereocenters. The predicted molar refractivity (Wildman–Crippen MR) is 217 cm³/mol.